The first-order valence-electron chi connectivity index (χ1n) is 8.18. The summed E-state index contributed by atoms with van der Waals surface area (Å²) in [6.45, 7) is 2.71. The molecular weight excluding hydrogens is 340 g/mol. The maximum Gasteiger partial charge on any atom is 0.338 e. The minimum absolute atomic E-state index is 0.0263. The van der Waals surface area contributed by atoms with Gasteiger partial charge in [0.05, 0.1) is 22.7 Å². The van der Waals surface area contributed by atoms with Crippen LogP contribution in [0.25, 0.3) is 0 Å². The first kappa shape index (κ1) is 17.6. The molecular formula is C17H18N4O5. The van der Waals surface area contributed by atoms with Crippen molar-refractivity contribution in [2.75, 3.05) is 13.1 Å². The van der Waals surface area contributed by atoms with E-state index in [1.54, 1.807) is 22.6 Å². The average Bonchev–Trinajstić information content (AvgIpc) is 3.12. The van der Waals surface area contributed by atoms with Crippen molar-refractivity contribution in [1.82, 2.24) is 14.7 Å². The normalized spacial score (nSPS) is 15.0. The van der Waals surface area contributed by atoms with Crippen LogP contribution in [0.5, 0.6) is 0 Å². The van der Waals surface area contributed by atoms with Crippen molar-refractivity contribution < 1.29 is 19.6 Å². The van der Waals surface area contributed by atoms with Crippen LogP contribution in [-0.4, -0.2) is 49.7 Å². The second kappa shape index (κ2) is 6.95. The molecule has 0 unspecified atom stereocenters. The molecule has 1 aromatic heterocycles. The van der Waals surface area contributed by atoms with Gasteiger partial charge < -0.3 is 10.0 Å². The minimum Gasteiger partial charge on any atom is -0.478 e. The van der Waals surface area contributed by atoms with Gasteiger partial charge in [-0.25, -0.2) is 4.79 Å². The third-order valence-corrected chi connectivity index (χ3v) is 4.64. The minimum atomic E-state index is -1.02. The van der Waals surface area contributed by atoms with Crippen LogP contribution in [0.15, 0.2) is 30.6 Å². The monoisotopic (exact) mass is 358 g/mol. The number of aromatic nitrogens is 2. The molecule has 0 saturated carbocycles. The lowest BCUT2D eigenvalue weighted by atomic mass is 10.0. The van der Waals surface area contributed by atoms with Gasteiger partial charge in [0.15, 0.2) is 0 Å². The van der Waals surface area contributed by atoms with Crippen LogP contribution in [-0.2, 0) is 0 Å². The number of benzene rings is 1. The van der Waals surface area contributed by atoms with Gasteiger partial charge in [0, 0.05) is 37.0 Å². The summed E-state index contributed by atoms with van der Waals surface area (Å²) in [5.41, 5.74) is 1.06. The highest BCUT2D eigenvalue weighted by Crippen LogP contribution is 2.25. The number of carboxylic acids is 1. The number of nitro benzene ring substituents is 1. The van der Waals surface area contributed by atoms with Gasteiger partial charge in [0.1, 0.15) is 0 Å². The highest BCUT2D eigenvalue weighted by atomic mass is 16.6. The van der Waals surface area contributed by atoms with E-state index < -0.39 is 10.9 Å². The van der Waals surface area contributed by atoms with Crippen LogP contribution in [0.2, 0.25) is 0 Å². The summed E-state index contributed by atoms with van der Waals surface area (Å²) < 4.78 is 1.63. The SMILES string of the molecule is Cc1ccc([N+](=O)[O-])cc1C(=O)N1CCC(n2cc(C(=O)O)cn2)CC1. The number of nitro groups is 1. The number of carboxylic acid groups (broad SMARTS) is 1. The Hall–Kier alpha value is -3.23. The van der Waals surface area contributed by atoms with E-state index in [4.69, 9.17) is 5.11 Å². The molecule has 0 atom stereocenters. The summed E-state index contributed by atoms with van der Waals surface area (Å²) >= 11 is 0. The molecule has 2 aromatic rings. The Morgan fingerprint density at radius 2 is 2.00 bits per heavy atom. The van der Waals surface area contributed by atoms with E-state index in [0.717, 1.165) is 0 Å². The molecule has 9 nitrogen and oxygen atoms in total. The molecule has 0 radical (unpaired) electrons. The number of hydrogen-bond donors (Lipinski definition) is 1. The highest BCUT2D eigenvalue weighted by molar-refractivity contribution is 5.96. The Bertz CT molecular complexity index is 868. The summed E-state index contributed by atoms with van der Waals surface area (Å²) in [5, 5.41) is 24.0. The van der Waals surface area contributed by atoms with Crippen LogP contribution in [0.1, 0.15) is 45.2 Å². The van der Waals surface area contributed by atoms with Crippen LogP contribution in [0, 0.1) is 17.0 Å². The predicted octanol–water partition coefficient (Wildman–Crippen LogP) is 2.28. The van der Waals surface area contributed by atoms with E-state index in [0.29, 0.717) is 37.1 Å². The number of amides is 1. The molecule has 3 rings (SSSR count). The van der Waals surface area contributed by atoms with Gasteiger partial charge in [-0.1, -0.05) is 6.07 Å². The van der Waals surface area contributed by atoms with Crippen LogP contribution < -0.4 is 0 Å². The van der Waals surface area contributed by atoms with Crippen molar-refractivity contribution >= 4 is 17.6 Å². The van der Waals surface area contributed by atoms with Crippen molar-refractivity contribution in [1.29, 1.82) is 0 Å². The maximum absolute atomic E-state index is 12.7. The van der Waals surface area contributed by atoms with E-state index in [2.05, 4.69) is 5.10 Å². The first-order chi connectivity index (χ1) is 12.4. The number of rotatable bonds is 4. The second-order valence-electron chi connectivity index (χ2n) is 6.29. The fourth-order valence-electron chi connectivity index (χ4n) is 3.11. The molecule has 1 aromatic carbocycles. The van der Waals surface area contributed by atoms with E-state index in [1.807, 2.05) is 0 Å². The maximum atomic E-state index is 12.7. The summed E-state index contributed by atoms with van der Waals surface area (Å²) in [6, 6.07) is 4.31. The summed E-state index contributed by atoms with van der Waals surface area (Å²) in [4.78, 5) is 35.8. The zero-order valence-corrected chi connectivity index (χ0v) is 14.2. The quantitative estimate of drug-likeness (QED) is 0.661. The fourth-order valence-corrected chi connectivity index (χ4v) is 3.11. The van der Waals surface area contributed by atoms with Gasteiger partial charge in [-0.3, -0.25) is 19.6 Å². The lowest BCUT2D eigenvalue weighted by molar-refractivity contribution is -0.384. The highest BCUT2D eigenvalue weighted by Gasteiger charge is 2.27. The number of piperidine rings is 1. The molecule has 0 spiro atoms. The van der Waals surface area contributed by atoms with Crippen LogP contribution in [0.4, 0.5) is 5.69 Å². The third kappa shape index (κ3) is 3.41. The molecule has 9 heteroatoms. The van der Waals surface area contributed by atoms with Gasteiger partial charge in [-0.05, 0) is 25.3 Å². The van der Waals surface area contributed by atoms with Gasteiger partial charge >= 0.3 is 5.97 Å². The summed E-state index contributed by atoms with van der Waals surface area (Å²) in [6.07, 6.45) is 4.09. The fraction of sp³-hybridized carbons (Fsp3) is 0.353. The van der Waals surface area contributed by atoms with Gasteiger partial charge in [-0.15, -0.1) is 0 Å². The predicted molar refractivity (Wildman–Crippen MR) is 91.2 cm³/mol. The van der Waals surface area contributed by atoms with Crippen molar-refractivity contribution in [2.24, 2.45) is 0 Å². The Kier molecular flexibility index (Phi) is 4.70. The Balaban J connectivity index is 1.69. The Morgan fingerprint density at radius 1 is 1.31 bits per heavy atom. The number of likely N-dealkylation sites (tertiary alicyclic amines) is 1. The van der Waals surface area contributed by atoms with E-state index in [-0.39, 0.29) is 23.2 Å². The van der Waals surface area contributed by atoms with Crippen LogP contribution in [0.3, 0.4) is 0 Å². The number of nitrogens with zero attached hydrogens (tertiary/aromatic N) is 4. The van der Waals surface area contributed by atoms with Crippen molar-refractivity contribution in [3.63, 3.8) is 0 Å². The number of carbonyl (C=O) groups is 2. The number of carbonyl (C=O) groups excluding carboxylic acids is 1. The van der Waals surface area contributed by atoms with Gasteiger partial charge in [0.2, 0.25) is 0 Å². The van der Waals surface area contributed by atoms with Gasteiger partial charge in [-0.2, -0.15) is 5.10 Å². The standard InChI is InChI=1S/C17H18N4O5/c1-11-2-3-14(21(25)26)8-15(11)16(22)19-6-4-13(5-7-19)20-10-12(9-18-20)17(23)24/h2-3,8-10,13H,4-7H2,1H3,(H,23,24). The van der Waals surface area contributed by atoms with Crippen molar-refractivity contribution in [3.05, 3.63) is 57.4 Å². The summed E-state index contributed by atoms with van der Waals surface area (Å²) in [5.74, 6) is -1.25. The smallest absolute Gasteiger partial charge is 0.338 e. The number of aryl methyl sites for hydroxylation is 1. The van der Waals surface area contributed by atoms with Crippen molar-refractivity contribution in [2.45, 2.75) is 25.8 Å². The topological polar surface area (TPSA) is 119 Å². The first-order valence-corrected chi connectivity index (χ1v) is 8.18. The van der Waals surface area contributed by atoms with Crippen LogP contribution >= 0.6 is 0 Å². The molecule has 2 heterocycles. The molecule has 1 fully saturated rings. The largest absolute Gasteiger partial charge is 0.478 e. The van der Waals surface area contributed by atoms with E-state index in [1.165, 1.54) is 24.5 Å². The molecule has 1 amide bonds. The van der Waals surface area contributed by atoms with E-state index in [9.17, 15) is 19.7 Å². The molecule has 1 aliphatic rings. The number of non-ortho nitro benzene ring substituents is 1. The number of hydrogen-bond acceptors (Lipinski definition) is 5. The molecule has 136 valence electrons. The number of aromatic carboxylic acids is 1. The molecule has 1 saturated heterocycles. The molecule has 0 bridgehead atoms. The molecule has 1 aliphatic heterocycles. The van der Waals surface area contributed by atoms with Gasteiger partial charge in [0.25, 0.3) is 11.6 Å². The zero-order chi connectivity index (χ0) is 18.8. The Morgan fingerprint density at radius 3 is 2.58 bits per heavy atom. The zero-order valence-electron chi connectivity index (χ0n) is 14.2. The Labute approximate surface area is 149 Å². The van der Waals surface area contributed by atoms with E-state index >= 15 is 0 Å². The average molecular weight is 358 g/mol. The second-order valence-corrected chi connectivity index (χ2v) is 6.29. The lowest BCUT2D eigenvalue weighted by Gasteiger charge is -2.32. The molecule has 26 heavy (non-hydrogen) atoms. The van der Waals surface area contributed by atoms with Crippen molar-refractivity contribution in [3.8, 4) is 0 Å². The molecule has 0 aliphatic carbocycles. The molecule has 1 N–H and O–H groups in total. The third-order valence-electron chi connectivity index (χ3n) is 4.64. The lowest BCUT2D eigenvalue weighted by Crippen LogP contribution is -2.39. The summed E-state index contributed by atoms with van der Waals surface area (Å²) in [7, 11) is 0.